The van der Waals surface area contributed by atoms with Gasteiger partial charge in [-0.25, -0.2) is 14.0 Å². The van der Waals surface area contributed by atoms with Crippen molar-refractivity contribution >= 4 is 17.9 Å². The molecule has 7 rings (SSSR count). The summed E-state index contributed by atoms with van der Waals surface area (Å²) in [7, 11) is 1.43. The summed E-state index contributed by atoms with van der Waals surface area (Å²) in [5, 5.41) is 3.19. The number of piperidine rings is 1. The molecule has 2 aromatic carbocycles. The molecule has 278 valence electrons. The number of likely N-dealkylation sites (tertiary alicyclic amines) is 3. The average Bonchev–Trinajstić information content (AvgIpc) is 3.50. The number of nitrogens with one attached hydrogen (secondary N) is 1. The van der Waals surface area contributed by atoms with Crippen LogP contribution < -0.4 is 10.2 Å². The molecule has 4 aliphatic heterocycles. The fraction of sp³-hybridized carbons (Fsp3) is 0.659. The van der Waals surface area contributed by atoms with Crippen molar-refractivity contribution in [3.63, 3.8) is 0 Å². The largest absolute Gasteiger partial charge is 0.453 e. The van der Waals surface area contributed by atoms with E-state index in [2.05, 4.69) is 50.3 Å². The predicted molar refractivity (Wildman–Crippen MR) is 197 cm³/mol. The normalized spacial score (nSPS) is 25.0. The number of rotatable bonds is 10. The molecule has 2 amide bonds. The zero-order chi connectivity index (χ0) is 35.8. The summed E-state index contributed by atoms with van der Waals surface area (Å²) in [5.74, 6) is 1.56. The van der Waals surface area contributed by atoms with E-state index in [0.29, 0.717) is 17.8 Å². The van der Waals surface area contributed by atoms with E-state index in [0.717, 1.165) is 109 Å². The molecule has 51 heavy (non-hydrogen) atoms. The Morgan fingerprint density at radius 3 is 2.24 bits per heavy atom. The molecule has 2 aromatic rings. The van der Waals surface area contributed by atoms with E-state index in [1.807, 2.05) is 26.8 Å². The highest BCUT2D eigenvalue weighted by Gasteiger charge is 2.56. The van der Waals surface area contributed by atoms with Crippen LogP contribution in [-0.2, 0) is 21.4 Å². The zero-order valence-electron chi connectivity index (χ0n) is 31.1. The van der Waals surface area contributed by atoms with Gasteiger partial charge in [-0.1, -0.05) is 30.7 Å². The van der Waals surface area contributed by atoms with Crippen molar-refractivity contribution in [3.05, 3.63) is 65.5 Å². The van der Waals surface area contributed by atoms with Gasteiger partial charge in [0.25, 0.3) is 0 Å². The van der Waals surface area contributed by atoms with Crippen LogP contribution in [0.25, 0.3) is 0 Å². The number of hydrogen-bond acceptors (Lipinski definition) is 7. The second kappa shape index (κ2) is 14.9. The summed E-state index contributed by atoms with van der Waals surface area (Å²) < 4.78 is 25.5. The Morgan fingerprint density at radius 1 is 0.882 bits per heavy atom. The molecule has 10 heteroatoms. The molecule has 9 nitrogen and oxygen atoms in total. The average molecular weight is 704 g/mol. The number of anilines is 1. The number of carbonyl (C=O) groups is 2. The smallest absolute Gasteiger partial charge is 0.410 e. The van der Waals surface area contributed by atoms with E-state index in [4.69, 9.17) is 9.47 Å². The van der Waals surface area contributed by atoms with Crippen LogP contribution in [0, 0.1) is 29.5 Å². The van der Waals surface area contributed by atoms with Crippen molar-refractivity contribution < 1.29 is 23.5 Å². The number of hydrogen-bond donors (Lipinski definition) is 1. The van der Waals surface area contributed by atoms with Gasteiger partial charge in [-0.05, 0) is 120 Å². The lowest BCUT2D eigenvalue weighted by atomic mass is 9.62. The molecular weight excluding hydrogens is 645 g/mol. The number of methoxy groups -OCH3 is 1. The SMILES string of the molecule is COC(=O)N[C@H]1CCC[C@@H]1C(c1cccc(F)c1)(C1CCN(CC2CN(c3ccc(CC4CN(C(=O)OC(C)(C)C)C4)cc3)C2)CC1)N1CCC1. The van der Waals surface area contributed by atoms with Crippen molar-refractivity contribution in [2.45, 2.75) is 82.9 Å². The number of amides is 2. The molecule has 0 bridgehead atoms. The van der Waals surface area contributed by atoms with Crippen molar-refractivity contribution in [1.29, 1.82) is 0 Å². The second-order valence-corrected chi connectivity index (χ2v) is 16.9. The van der Waals surface area contributed by atoms with Gasteiger partial charge < -0.3 is 29.5 Å². The summed E-state index contributed by atoms with van der Waals surface area (Å²) in [6.07, 6.45) is 6.72. The summed E-state index contributed by atoms with van der Waals surface area (Å²) in [5.41, 5.74) is 2.94. The van der Waals surface area contributed by atoms with Crippen LogP contribution in [0.15, 0.2) is 48.5 Å². The highest BCUT2D eigenvalue weighted by atomic mass is 19.1. The van der Waals surface area contributed by atoms with Crippen LogP contribution in [0.3, 0.4) is 0 Å². The number of carbonyl (C=O) groups excluding carboxylic acids is 2. The van der Waals surface area contributed by atoms with Gasteiger partial charge in [-0.2, -0.15) is 0 Å². The van der Waals surface area contributed by atoms with E-state index in [-0.39, 0.29) is 35.5 Å². The predicted octanol–water partition coefficient (Wildman–Crippen LogP) is 6.51. The first-order chi connectivity index (χ1) is 24.5. The van der Waals surface area contributed by atoms with Crippen molar-refractivity contribution in [2.75, 3.05) is 70.9 Å². The number of ether oxygens (including phenoxy) is 2. The van der Waals surface area contributed by atoms with E-state index >= 15 is 0 Å². The van der Waals surface area contributed by atoms with Crippen LogP contribution >= 0.6 is 0 Å². The molecule has 4 saturated heterocycles. The Bertz CT molecular complexity index is 1510. The van der Waals surface area contributed by atoms with Crippen LogP contribution in [0.2, 0.25) is 0 Å². The third-order valence-corrected chi connectivity index (χ3v) is 12.4. The Kier molecular flexibility index (Phi) is 10.5. The third-order valence-electron chi connectivity index (χ3n) is 12.4. The lowest BCUT2D eigenvalue weighted by molar-refractivity contribution is -0.0858. The van der Waals surface area contributed by atoms with Gasteiger partial charge in [0.15, 0.2) is 0 Å². The summed E-state index contributed by atoms with van der Waals surface area (Å²) in [6.45, 7) is 14.7. The standard InChI is InChI=1S/C41H58FN5O4/c1-40(2,3)51-39(49)46-25-30(26-46)22-29-12-14-35(15-13-29)45-27-31(28-45)24-44-20-16-32(17-21-44)41(47-18-7-19-47,33-8-5-9-34(42)23-33)36-10-6-11-37(36)43-38(48)50-4/h5,8-9,12-15,23,30-32,36-37H,6-7,10-11,16-22,24-28H2,1-4H3,(H,43,48)/t36-,37-,41?/m0/s1. The highest BCUT2D eigenvalue weighted by Crippen LogP contribution is 2.54. The van der Waals surface area contributed by atoms with E-state index in [1.165, 1.54) is 18.4 Å². The monoisotopic (exact) mass is 703 g/mol. The summed E-state index contributed by atoms with van der Waals surface area (Å²) in [6, 6.07) is 16.4. The topological polar surface area (TPSA) is 77.6 Å². The van der Waals surface area contributed by atoms with Gasteiger partial charge in [0.05, 0.1) is 12.6 Å². The summed E-state index contributed by atoms with van der Waals surface area (Å²) >= 11 is 0. The first-order valence-corrected chi connectivity index (χ1v) is 19.4. The quantitative estimate of drug-likeness (QED) is 0.303. The molecule has 4 heterocycles. The van der Waals surface area contributed by atoms with Crippen molar-refractivity contribution in [3.8, 4) is 0 Å². The van der Waals surface area contributed by atoms with E-state index < -0.39 is 5.60 Å². The van der Waals surface area contributed by atoms with Gasteiger partial charge >= 0.3 is 12.2 Å². The number of benzene rings is 2. The molecule has 3 atom stereocenters. The maximum absolute atomic E-state index is 14.9. The molecule has 1 aliphatic carbocycles. The second-order valence-electron chi connectivity index (χ2n) is 16.9. The van der Waals surface area contributed by atoms with Crippen LogP contribution in [0.1, 0.15) is 70.4 Å². The minimum absolute atomic E-state index is 0.0158. The van der Waals surface area contributed by atoms with Gasteiger partial charge in [-0.3, -0.25) is 4.90 Å². The molecule has 0 aromatic heterocycles. The minimum atomic E-state index is -0.456. The molecule has 0 spiro atoms. The maximum Gasteiger partial charge on any atom is 0.410 e. The molecular formula is C41H58FN5O4. The lowest BCUT2D eigenvalue weighted by Gasteiger charge is -2.59. The third kappa shape index (κ3) is 7.73. The molecule has 5 aliphatic rings. The Hall–Kier alpha value is -3.37. The van der Waals surface area contributed by atoms with Crippen LogP contribution in [-0.4, -0.2) is 105 Å². The molecule has 0 radical (unpaired) electrons. The zero-order valence-corrected chi connectivity index (χ0v) is 31.1. The van der Waals surface area contributed by atoms with Crippen LogP contribution in [0.5, 0.6) is 0 Å². The van der Waals surface area contributed by atoms with Gasteiger partial charge in [0.1, 0.15) is 11.4 Å². The molecule has 5 fully saturated rings. The maximum atomic E-state index is 14.9. The first kappa shape index (κ1) is 36.0. The van der Waals surface area contributed by atoms with Gasteiger partial charge in [0, 0.05) is 69.4 Å². The molecule has 1 saturated carbocycles. The van der Waals surface area contributed by atoms with Gasteiger partial charge in [0.2, 0.25) is 0 Å². The Morgan fingerprint density at radius 2 is 1.61 bits per heavy atom. The lowest BCUT2D eigenvalue weighted by Crippen LogP contribution is -2.65. The van der Waals surface area contributed by atoms with Crippen molar-refractivity contribution in [1.82, 2.24) is 20.0 Å². The first-order valence-electron chi connectivity index (χ1n) is 19.4. The highest BCUT2D eigenvalue weighted by molar-refractivity contribution is 5.69. The fourth-order valence-electron chi connectivity index (χ4n) is 9.89. The number of alkyl carbamates (subject to hydrolysis) is 1. The molecule has 1 N–H and O–H groups in total. The Labute approximate surface area is 303 Å². The minimum Gasteiger partial charge on any atom is -0.453 e. The Balaban J connectivity index is 0.928. The summed E-state index contributed by atoms with van der Waals surface area (Å²) in [4.78, 5) is 34.3. The fourth-order valence-corrected chi connectivity index (χ4v) is 9.89. The van der Waals surface area contributed by atoms with E-state index in [9.17, 15) is 14.0 Å². The van der Waals surface area contributed by atoms with Crippen molar-refractivity contribution in [2.24, 2.45) is 23.7 Å². The van der Waals surface area contributed by atoms with Gasteiger partial charge in [-0.15, -0.1) is 0 Å². The van der Waals surface area contributed by atoms with Crippen LogP contribution in [0.4, 0.5) is 19.7 Å². The number of nitrogens with zero attached hydrogens (tertiary/aromatic N) is 4. The molecule has 1 unspecified atom stereocenters. The number of halogens is 1. The van der Waals surface area contributed by atoms with E-state index in [1.54, 1.807) is 17.0 Å².